The molecule has 5 N–H and O–H groups in total. The maximum Gasteiger partial charge on any atom is 0.408 e. The van der Waals surface area contributed by atoms with Crippen molar-refractivity contribution in [3.05, 3.63) is 0 Å². The van der Waals surface area contributed by atoms with Crippen molar-refractivity contribution in [2.75, 3.05) is 6.54 Å². The maximum absolute atomic E-state index is 14.2. The quantitative estimate of drug-likeness (QED) is 0.347. The summed E-state index contributed by atoms with van der Waals surface area (Å²) < 4.78 is 5.49. The van der Waals surface area contributed by atoms with Crippen molar-refractivity contribution in [2.24, 2.45) is 34.8 Å². The molecule has 39 heavy (non-hydrogen) atoms. The number of fused-ring (bicyclic) bond motifs is 1. The van der Waals surface area contributed by atoms with Crippen LogP contribution in [0.4, 0.5) is 4.79 Å². The molecule has 0 aromatic carbocycles. The number of carbonyl (C=O) groups excluding carboxylic acids is 4. The van der Waals surface area contributed by atoms with Crippen molar-refractivity contribution in [1.29, 1.82) is 0 Å². The van der Waals surface area contributed by atoms with Gasteiger partial charge in [-0.2, -0.15) is 0 Å². The number of piperidine rings is 1. The molecule has 0 aromatic heterocycles. The Morgan fingerprint density at radius 1 is 1.03 bits per heavy atom. The SMILES string of the molecule is CC(C)(C)OC(=O)N[C@H](C(=O)N1C[C@H]2[C@@H]([C@H]1C(=O)NC(CC1CCC1)C(O)C(N)=O)C2(C)C)C1CCCCC1. The first-order valence-corrected chi connectivity index (χ1v) is 14.8. The highest BCUT2D eigenvalue weighted by molar-refractivity contribution is 5.93. The zero-order valence-electron chi connectivity index (χ0n) is 24.2. The van der Waals surface area contributed by atoms with Crippen LogP contribution >= 0.6 is 0 Å². The number of primary amides is 1. The lowest BCUT2D eigenvalue weighted by Gasteiger charge is -2.38. The first-order valence-electron chi connectivity index (χ1n) is 14.8. The minimum atomic E-state index is -1.49. The van der Waals surface area contributed by atoms with Gasteiger partial charge in [0.05, 0.1) is 6.04 Å². The summed E-state index contributed by atoms with van der Waals surface area (Å²) in [6.45, 7) is 9.97. The van der Waals surface area contributed by atoms with Crippen molar-refractivity contribution in [3.63, 3.8) is 0 Å². The molecule has 4 aliphatic rings. The molecule has 0 radical (unpaired) electrons. The Bertz CT molecular complexity index is 952. The largest absolute Gasteiger partial charge is 0.444 e. The van der Waals surface area contributed by atoms with Gasteiger partial charge in [-0.3, -0.25) is 14.4 Å². The Kier molecular flexibility index (Phi) is 8.55. The molecular formula is C29H48N4O6. The van der Waals surface area contributed by atoms with Crippen molar-refractivity contribution in [3.8, 4) is 0 Å². The number of alkyl carbamates (subject to hydrolysis) is 1. The topological polar surface area (TPSA) is 151 Å². The Balaban J connectivity index is 1.55. The van der Waals surface area contributed by atoms with E-state index in [0.29, 0.717) is 18.9 Å². The Morgan fingerprint density at radius 2 is 1.67 bits per heavy atom. The fourth-order valence-corrected chi connectivity index (χ4v) is 7.10. The number of carbonyl (C=O) groups is 4. The predicted molar refractivity (Wildman–Crippen MR) is 145 cm³/mol. The fraction of sp³-hybridized carbons (Fsp3) is 0.862. The van der Waals surface area contributed by atoms with E-state index >= 15 is 0 Å². The number of aliphatic hydroxyl groups is 1. The van der Waals surface area contributed by atoms with Crippen LogP contribution in [0.1, 0.15) is 92.4 Å². The second-order valence-corrected chi connectivity index (χ2v) is 13.9. The number of nitrogens with one attached hydrogen (secondary N) is 2. The number of hydrogen-bond acceptors (Lipinski definition) is 6. The average molecular weight is 549 g/mol. The van der Waals surface area contributed by atoms with Crippen molar-refractivity contribution in [1.82, 2.24) is 15.5 Å². The van der Waals surface area contributed by atoms with Crippen LogP contribution in [0.15, 0.2) is 0 Å². The van der Waals surface area contributed by atoms with Gasteiger partial charge in [0, 0.05) is 6.54 Å². The molecule has 1 heterocycles. The standard InChI is InChI=1S/C29H48N4O6/c1-28(2,3)39-27(38)32-21(17-12-7-6-8-13-17)26(37)33-15-18-20(29(18,4)5)22(33)25(36)31-19(23(34)24(30)35)14-16-10-9-11-16/h16-23,34H,6-15H2,1-5H3,(H2,30,35)(H,31,36)(H,32,38)/t18-,19?,20-,21-,22-,23?/m0/s1. The third kappa shape index (κ3) is 6.52. The van der Waals surface area contributed by atoms with Gasteiger partial charge in [0.1, 0.15) is 17.7 Å². The van der Waals surface area contributed by atoms with E-state index in [1.165, 1.54) is 0 Å². The van der Waals surface area contributed by atoms with Gasteiger partial charge >= 0.3 is 6.09 Å². The van der Waals surface area contributed by atoms with Gasteiger partial charge in [-0.05, 0) is 69.1 Å². The van der Waals surface area contributed by atoms with E-state index in [4.69, 9.17) is 10.5 Å². The van der Waals surface area contributed by atoms with Crippen LogP contribution in [0.3, 0.4) is 0 Å². The summed E-state index contributed by atoms with van der Waals surface area (Å²) >= 11 is 0. The number of nitrogens with zero attached hydrogens (tertiary/aromatic N) is 1. The number of nitrogens with two attached hydrogens (primary N) is 1. The van der Waals surface area contributed by atoms with Gasteiger partial charge in [0.2, 0.25) is 17.7 Å². The maximum atomic E-state index is 14.2. The van der Waals surface area contributed by atoms with Crippen LogP contribution in [0.2, 0.25) is 0 Å². The van der Waals surface area contributed by atoms with Gasteiger partial charge in [0.25, 0.3) is 0 Å². The third-order valence-corrected chi connectivity index (χ3v) is 9.63. The second-order valence-electron chi connectivity index (χ2n) is 13.9. The molecule has 4 amide bonds. The summed E-state index contributed by atoms with van der Waals surface area (Å²) in [6, 6.07) is -2.32. The van der Waals surface area contributed by atoms with E-state index < -0.39 is 41.8 Å². The van der Waals surface area contributed by atoms with Gasteiger partial charge in [0.15, 0.2) is 6.10 Å². The minimum Gasteiger partial charge on any atom is -0.444 e. The first kappa shape index (κ1) is 29.6. The van der Waals surface area contributed by atoms with Crippen LogP contribution in [-0.4, -0.2) is 70.2 Å². The van der Waals surface area contributed by atoms with Crippen LogP contribution in [0, 0.1) is 29.1 Å². The number of rotatable bonds is 9. The molecule has 10 heteroatoms. The molecule has 0 bridgehead atoms. The van der Waals surface area contributed by atoms with E-state index in [0.717, 1.165) is 51.4 Å². The fourth-order valence-electron chi connectivity index (χ4n) is 7.10. The summed E-state index contributed by atoms with van der Waals surface area (Å²) in [6.07, 6.45) is 6.13. The van der Waals surface area contributed by atoms with Gasteiger partial charge in [-0.1, -0.05) is 52.4 Å². The van der Waals surface area contributed by atoms with E-state index in [2.05, 4.69) is 24.5 Å². The van der Waals surface area contributed by atoms with E-state index in [1.807, 2.05) is 0 Å². The highest BCUT2D eigenvalue weighted by Crippen LogP contribution is 2.65. The summed E-state index contributed by atoms with van der Waals surface area (Å²) in [5.41, 5.74) is 4.60. The Hall–Kier alpha value is -2.36. The van der Waals surface area contributed by atoms with Gasteiger partial charge < -0.3 is 31.1 Å². The van der Waals surface area contributed by atoms with Crippen LogP contribution in [0.25, 0.3) is 0 Å². The van der Waals surface area contributed by atoms with E-state index in [-0.39, 0.29) is 35.0 Å². The summed E-state index contributed by atoms with van der Waals surface area (Å²) in [5.74, 6) is -1.09. The smallest absolute Gasteiger partial charge is 0.408 e. The molecule has 0 spiro atoms. The average Bonchev–Trinajstić information content (AvgIpc) is 3.15. The van der Waals surface area contributed by atoms with E-state index in [9.17, 15) is 24.3 Å². The molecule has 2 unspecified atom stereocenters. The highest BCUT2D eigenvalue weighted by Gasteiger charge is 2.69. The number of hydrogen-bond donors (Lipinski definition) is 4. The molecular weight excluding hydrogens is 500 g/mol. The lowest BCUT2D eigenvalue weighted by atomic mass is 9.79. The predicted octanol–water partition coefficient (Wildman–Crippen LogP) is 2.46. The Labute approximate surface area is 232 Å². The molecule has 1 aliphatic heterocycles. The number of amides is 4. The number of ether oxygens (including phenoxy) is 1. The number of likely N-dealkylation sites (tertiary alicyclic amines) is 1. The summed E-state index contributed by atoms with van der Waals surface area (Å²) in [4.78, 5) is 54.3. The van der Waals surface area contributed by atoms with Crippen molar-refractivity contribution >= 4 is 23.8 Å². The lowest BCUT2D eigenvalue weighted by molar-refractivity contribution is -0.144. The van der Waals surface area contributed by atoms with Gasteiger partial charge in [-0.25, -0.2) is 4.79 Å². The monoisotopic (exact) mass is 548 g/mol. The zero-order valence-corrected chi connectivity index (χ0v) is 24.2. The van der Waals surface area contributed by atoms with Crippen LogP contribution in [0.5, 0.6) is 0 Å². The molecule has 6 atom stereocenters. The molecule has 3 aliphatic carbocycles. The molecule has 220 valence electrons. The summed E-state index contributed by atoms with van der Waals surface area (Å²) in [7, 11) is 0. The molecule has 3 saturated carbocycles. The zero-order chi connectivity index (χ0) is 28.7. The van der Waals surface area contributed by atoms with E-state index in [1.54, 1.807) is 25.7 Å². The highest BCUT2D eigenvalue weighted by atomic mass is 16.6. The second kappa shape index (κ2) is 11.3. The molecule has 4 rings (SSSR count). The van der Waals surface area contributed by atoms with Crippen molar-refractivity contribution < 1.29 is 29.0 Å². The van der Waals surface area contributed by atoms with Crippen LogP contribution in [-0.2, 0) is 19.1 Å². The third-order valence-electron chi connectivity index (χ3n) is 9.63. The van der Waals surface area contributed by atoms with Crippen LogP contribution < -0.4 is 16.4 Å². The molecule has 0 aromatic rings. The molecule has 1 saturated heterocycles. The Morgan fingerprint density at radius 3 is 2.21 bits per heavy atom. The van der Waals surface area contributed by atoms with Gasteiger partial charge in [-0.15, -0.1) is 0 Å². The first-order chi connectivity index (χ1) is 18.2. The summed E-state index contributed by atoms with van der Waals surface area (Å²) in [5, 5.41) is 16.3. The molecule has 10 nitrogen and oxygen atoms in total. The normalized spacial score (nSPS) is 28.9. The lowest BCUT2D eigenvalue weighted by Crippen LogP contribution is -2.60. The van der Waals surface area contributed by atoms with Crippen molar-refractivity contribution in [2.45, 2.75) is 122 Å². The number of aliphatic hydroxyl groups excluding tert-OH is 1. The molecule has 4 fully saturated rings. The minimum absolute atomic E-state index is 0.0320.